The summed E-state index contributed by atoms with van der Waals surface area (Å²) in [6.45, 7) is 5.99. The maximum Gasteiger partial charge on any atom is 0.230 e. The Balaban J connectivity index is 2.30. The molecular weight excluding hydrogens is 258 g/mol. The number of nitrogens with one attached hydrogen (secondary N) is 1. The Morgan fingerprint density at radius 1 is 1.47 bits per heavy atom. The Morgan fingerprint density at radius 3 is 2.59 bits per heavy atom. The molecule has 0 bridgehead atoms. The third-order valence-electron chi connectivity index (χ3n) is 3.00. The molecule has 1 N–H and O–H groups in total. The van der Waals surface area contributed by atoms with Crippen LogP contribution in [0.4, 0.5) is 0 Å². The van der Waals surface area contributed by atoms with E-state index in [2.05, 4.69) is 5.32 Å². The number of sulfone groups is 1. The lowest BCUT2D eigenvalue weighted by atomic mass is 10.0. The van der Waals surface area contributed by atoms with Crippen LogP contribution in [0.1, 0.15) is 33.6 Å². The maximum atomic E-state index is 11.7. The van der Waals surface area contributed by atoms with Gasteiger partial charge in [-0.05, 0) is 26.7 Å². The number of hydrogen-bond donors (Lipinski definition) is 1. The van der Waals surface area contributed by atoms with Crippen LogP contribution in [0.2, 0.25) is 0 Å². The first-order valence-electron chi connectivity index (χ1n) is 5.87. The minimum Gasteiger partial charge on any atom is -0.351 e. The topological polar surface area (TPSA) is 63.2 Å². The van der Waals surface area contributed by atoms with Crippen LogP contribution >= 0.6 is 11.8 Å². The summed E-state index contributed by atoms with van der Waals surface area (Å²) in [5.41, 5.74) is -0.181. The standard InChI is InChI=1S/C11H21NO3S2/c1-4-11(2,3)12-10(13)7-16-9-5-6-17(14,15)8-9/h9H,4-8H2,1-3H3,(H,12,13). The van der Waals surface area contributed by atoms with E-state index in [1.54, 1.807) is 0 Å². The third-order valence-corrected chi connectivity index (χ3v) is 6.28. The molecular formula is C11H21NO3S2. The number of thioether (sulfide) groups is 1. The van der Waals surface area contributed by atoms with E-state index in [9.17, 15) is 13.2 Å². The SMILES string of the molecule is CCC(C)(C)NC(=O)CSC1CCS(=O)(=O)C1. The van der Waals surface area contributed by atoms with Gasteiger partial charge in [0.1, 0.15) is 0 Å². The van der Waals surface area contributed by atoms with Crippen LogP contribution in [0.3, 0.4) is 0 Å². The summed E-state index contributed by atoms with van der Waals surface area (Å²) in [4.78, 5) is 11.7. The molecule has 0 saturated carbocycles. The molecule has 6 heteroatoms. The third kappa shape index (κ3) is 5.29. The summed E-state index contributed by atoms with van der Waals surface area (Å²) < 4.78 is 22.5. The molecule has 100 valence electrons. The average Bonchev–Trinajstić information content (AvgIpc) is 2.55. The lowest BCUT2D eigenvalue weighted by Gasteiger charge is -2.24. The molecule has 4 nitrogen and oxygen atoms in total. The van der Waals surface area contributed by atoms with Crippen LogP contribution in [0, 0.1) is 0 Å². The van der Waals surface area contributed by atoms with Gasteiger partial charge in [0.25, 0.3) is 0 Å². The van der Waals surface area contributed by atoms with E-state index in [1.807, 2.05) is 20.8 Å². The van der Waals surface area contributed by atoms with Gasteiger partial charge < -0.3 is 5.32 Å². The molecule has 0 spiro atoms. The monoisotopic (exact) mass is 279 g/mol. The number of carbonyl (C=O) groups is 1. The van der Waals surface area contributed by atoms with Gasteiger partial charge in [-0.3, -0.25) is 4.79 Å². The molecule has 1 aliphatic rings. The zero-order valence-electron chi connectivity index (χ0n) is 10.7. The van der Waals surface area contributed by atoms with Crippen LogP contribution in [0.25, 0.3) is 0 Å². The Hall–Kier alpha value is -0.230. The van der Waals surface area contributed by atoms with Crippen molar-refractivity contribution in [1.29, 1.82) is 0 Å². The first-order chi connectivity index (χ1) is 7.74. The van der Waals surface area contributed by atoms with Gasteiger partial charge in [0, 0.05) is 10.8 Å². The summed E-state index contributed by atoms with van der Waals surface area (Å²) in [5.74, 6) is 0.838. The molecule has 17 heavy (non-hydrogen) atoms. The summed E-state index contributed by atoms with van der Waals surface area (Å²) in [6.07, 6.45) is 1.55. The van der Waals surface area contributed by atoms with Gasteiger partial charge in [-0.2, -0.15) is 0 Å². The zero-order chi connectivity index (χ0) is 13.1. The average molecular weight is 279 g/mol. The highest BCUT2D eigenvalue weighted by atomic mass is 32.2. The molecule has 1 saturated heterocycles. The van der Waals surface area contributed by atoms with Crippen LogP contribution in [-0.2, 0) is 14.6 Å². The highest BCUT2D eigenvalue weighted by Gasteiger charge is 2.29. The van der Waals surface area contributed by atoms with Gasteiger partial charge in [-0.15, -0.1) is 11.8 Å². The number of hydrogen-bond acceptors (Lipinski definition) is 4. The van der Waals surface area contributed by atoms with Crippen molar-refractivity contribution in [2.24, 2.45) is 0 Å². The molecule has 1 fully saturated rings. The quantitative estimate of drug-likeness (QED) is 0.821. The predicted molar refractivity (Wildman–Crippen MR) is 72.0 cm³/mol. The van der Waals surface area contributed by atoms with E-state index in [4.69, 9.17) is 0 Å². The molecule has 1 unspecified atom stereocenters. The van der Waals surface area contributed by atoms with Crippen molar-refractivity contribution < 1.29 is 13.2 Å². The van der Waals surface area contributed by atoms with E-state index in [-0.39, 0.29) is 28.2 Å². The smallest absolute Gasteiger partial charge is 0.230 e. The molecule has 0 aromatic heterocycles. The number of rotatable bonds is 5. The van der Waals surface area contributed by atoms with Gasteiger partial charge in [0.2, 0.25) is 5.91 Å². The zero-order valence-corrected chi connectivity index (χ0v) is 12.3. The second-order valence-corrected chi connectivity index (χ2v) is 8.64. The lowest BCUT2D eigenvalue weighted by molar-refractivity contribution is -0.120. The molecule has 1 heterocycles. The lowest BCUT2D eigenvalue weighted by Crippen LogP contribution is -2.43. The van der Waals surface area contributed by atoms with Gasteiger partial charge in [0.05, 0.1) is 17.3 Å². The van der Waals surface area contributed by atoms with Crippen molar-refractivity contribution in [2.45, 2.75) is 44.4 Å². The molecule has 0 aliphatic carbocycles. The van der Waals surface area contributed by atoms with Gasteiger partial charge in [0.15, 0.2) is 9.84 Å². The van der Waals surface area contributed by atoms with E-state index >= 15 is 0 Å². The summed E-state index contributed by atoms with van der Waals surface area (Å²) in [6, 6.07) is 0. The molecule has 1 rings (SSSR count). The normalized spacial score (nSPS) is 23.6. The van der Waals surface area contributed by atoms with E-state index in [1.165, 1.54) is 11.8 Å². The molecule has 0 radical (unpaired) electrons. The van der Waals surface area contributed by atoms with Crippen molar-refractivity contribution in [3.05, 3.63) is 0 Å². The van der Waals surface area contributed by atoms with E-state index in [0.717, 1.165) is 6.42 Å². The minimum absolute atomic E-state index is 0.00820. The second kappa shape index (κ2) is 5.61. The van der Waals surface area contributed by atoms with Crippen LogP contribution in [0.5, 0.6) is 0 Å². The minimum atomic E-state index is -2.84. The first kappa shape index (κ1) is 14.8. The number of amides is 1. The highest BCUT2D eigenvalue weighted by molar-refractivity contribution is 8.02. The largest absolute Gasteiger partial charge is 0.351 e. The summed E-state index contributed by atoms with van der Waals surface area (Å²) in [5, 5.41) is 3.03. The van der Waals surface area contributed by atoms with Crippen LogP contribution in [-0.4, -0.2) is 42.4 Å². The van der Waals surface area contributed by atoms with Gasteiger partial charge in [-0.1, -0.05) is 6.92 Å². The van der Waals surface area contributed by atoms with E-state index < -0.39 is 9.84 Å². The summed E-state index contributed by atoms with van der Waals surface area (Å²) in [7, 11) is -2.84. The maximum absolute atomic E-state index is 11.7. The fraction of sp³-hybridized carbons (Fsp3) is 0.909. The van der Waals surface area contributed by atoms with Crippen molar-refractivity contribution >= 4 is 27.5 Å². The first-order valence-corrected chi connectivity index (χ1v) is 8.74. The van der Waals surface area contributed by atoms with E-state index in [0.29, 0.717) is 12.2 Å². The molecule has 1 amide bonds. The Morgan fingerprint density at radius 2 is 2.12 bits per heavy atom. The van der Waals surface area contributed by atoms with Crippen molar-refractivity contribution in [1.82, 2.24) is 5.32 Å². The van der Waals surface area contributed by atoms with Crippen LogP contribution in [0.15, 0.2) is 0 Å². The molecule has 1 aliphatic heterocycles. The molecule has 1 atom stereocenters. The molecule has 0 aromatic carbocycles. The Kier molecular flexibility index (Phi) is 4.89. The van der Waals surface area contributed by atoms with Crippen molar-refractivity contribution in [3.8, 4) is 0 Å². The highest BCUT2D eigenvalue weighted by Crippen LogP contribution is 2.24. The second-order valence-electron chi connectivity index (χ2n) is 5.12. The van der Waals surface area contributed by atoms with Crippen molar-refractivity contribution in [2.75, 3.05) is 17.3 Å². The van der Waals surface area contributed by atoms with Gasteiger partial charge in [-0.25, -0.2) is 8.42 Å². The fourth-order valence-corrected chi connectivity index (χ4v) is 5.03. The molecule has 0 aromatic rings. The van der Waals surface area contributed by atoms with Gasteiger partial charge >= 0.3 is 0 Å². The Labute approximate surface area is 108 Å². The van der Waals surface area contributed by atoms with Crippen LogP contribution < -0.4 is 5.32 Å². The predicted octanol–water partition coefficient (Wildman–Crippen LogP) is 1.21. The fourth-order valence-electron chi connectivity index (χ4n) is 1.59. The Bertz CT molecular complexity index is 376. The summed E-state index contributed by atoms with van der Waals surface area (Å²) >= 11 is 1.45. The van der Waals surface area contributed by atoms with Crippen molar-refractivity contribution in [3.63, 3.8) is 0 Å². The number of carbonyl (C=O) groups excluding carboxylic acids is 1.